The first kappa shape index (κ1) is 19.0. The van der Waals surface area contributed by atoms with Crippen LogP contribution in [0.3, 0.4) is 0 Å². The molecule has 0 aliphatic carbocycles. The molecule has 0 radical (unpaired) electrons. The number of hydrogen-bond acceptors (Lipinski definition) is 4. The van der Waals surface area contributed by atoms with Crippen molar-refractivity contribution in [3.63, 3.8) is 0 Å². The van der Waals surface area contributed by atoms with E-state index in [1.165, 1.54) is 5.56 Å². The van der Waals surface area contributed by atoms with Gasteiger partial charge in [-0.1, -0.05) is 12.1 Å². The van der Waals surface area contributed by atoms with Crippen molar-refractivity contribution in [1.82, 2.24) is 19.4 Å². The molecule has 2 aliphatic heterocycles. The Kier molecular flexibility index (Phi) is 5.40. The molecule has 3 atom stereocenters. The van der Waals surface area contributed by atoms with Crippen LogP contribution in [0.1, 0.15) is 30.8 Å². The van der Waals surface area contributed by atoms with Crippen molar-refractivity contribution in [1.29, 1.82) is 0 Å². The molecular formula is C22H30N4O2. The number of aromatic nitrogens is 2. The summed E-state index contributed by atoms with van der Waals surface area (Å²) in [4.78, 5) is 21.2. The average Bonchev–Trinajstić information content (AvgIpc) is 3.36. The fourth-order valence-electron chi connectivity index (χ4n) is 4.98. The van der Waals surface area contributed by atoms with Crippen molar-refractivity contribution in [2.45, 2.75) is 32.9 Å². The molecule has 1 amide bonds. The maximum Gasteiger partial charge on any atom is 0.219 e. The number of fused-ring (bicyclic) bond motifs is 1. The number of ether oxygens (including phenoxy) is 1. The number of rotatable bonds is 6. The number of carbonyl (C=O) groups excluding carboxylic acids is 1. The van der Waals surface area contributed by atoms with Crippen LogP contribution in [-0.4, -0.2) is 58.5 Å². The summed E-state index contributed by atoms with van der Waals surface area (Å²) in [5, 5.41) is 0. The Morgan fingerprint density at radius 1 is 1.18 bits per heavy atom. The first-order chi connectivity index (χ1) is 13.6. The number of carbonyl (C=O) groups is 1. The van der Waals surface area contributed by atoms with Gasteiger partial charge in [-0.15, -0.1) is 0 Å². The van der Waals surface area contributed by atoms with Crippen molar-refractivity contribution in [2.24, 2.45) is 11.8 Å². The fourth-order valence-corrected chi connectivity index (χ4v) is 4.98. The van der Waals surface area contributed by atoms with Gasteiger partial charge in [0.05, 0.1) is 13.2 Å². The van der Waals surface area contributed by atoms with E-state index in [4.69, 9.17) is 4.74 Å². The first-order valence-electron chi connectivity index (χ1n) is 10.2. The molecule has 3 heterocycles. The molecule has 0 saturated carbocycles. The number of amides is 1. The summed E-state index contributed by atoms with van der Waals surface area (Å²) in [6.45, 7) is 8.88. The van der Waals surface area contributed by atoms with E-state index in [1.807, 2.05) is 18.3 Å². The van der Waals surface area contributed by atoms with E-state index in [1.54, 1.807) is 14.0 Å². The summed E-state index contributed by atoms with van der Waals surface area (Å²) < 4.78 is 7.51. The first-order valence-corrected chi connectivity index (χ1v) is 10.2. The number of hydrogen-bond donors (Lipinski definition) is 0. The minimum atomic E-state index is 0.175. The highest BCUT2D eigenvalue weighted by molar-refractivity contribution is 5.74. The number of methoxy groups -OCH3 is 1. The summed E-state index contributed by atoms with van der Waals surface area (Å²) in [7, 11) is 1.68. The molecule has 0 spiro atoms. The van der Waals surface area contributed by atoms with E-state index in [-0.39, 0.29) is 11.9 Å². The lowest BCUT2D eigenvalue weighted by Crippen LogP contribution is -2.34. The van der Waals surface area contributed by atoms with Gasteiger partial charge >= 0.3 is 0 Å². The van der Waals surface area contributed by atoms with Crippen LogP contribution < -0.4 is 4.74 Å². The van der Waals surface area contributed by atoms with Crippen LogP contribution in [-0.2, 0) is 11.3 Å². The lowest BCUT2D eigenvalue weighted by atomic mass is 9.89. The minimum absolute atomic E-state index is 0.175. The second kappa shape index (κ2) is 7.95. The van der Waals surface area contributed by atoms with Crippen molar-refractivity contribution >= 4 is 5.91 Å². The number of likely N-dealkylation sites (tertiary alicyclic amines) is 2. The smallest absolute Gasteiger partial charge is 0.219 e. The third kappa shape index (κ3) is 3.65. The molecule has 2 aromatic rings. The van der Waals surface area contributed by atoms with Crippen molar-refractivity contribution in [3.8, 4) is 5.75 Å². The van der Waals surface area contributed by atoms with E-state index in [0.717, 1.165) is 50.7 Å². The van der Waals surface area contributed by atoms with E-state index in [9.17, 15) is 4.79 Å². The SMILES string of the molecule is COc1ccc([C@H]2[C@@H]3CN(CCCn4ccnc4C)C[C@@H]3CN2C(C)=O)cc1. The zero-order chi connectivity index (χ0) is 19.7. The van der Waals surface area contributed by atoms with Crippen LogP contribution >= 0.6 is 0 Å². The highest BCUT2D eigenvalue weighted by Crippen LogP contribution is 2.45. The van der Waals surface area contributed by atoms with Crippen LogP contribution in [0.5, 0.6) is 5.75 Å². The topological polar surface area (TPSA) is 50.6 Å². The molecule has 1 aromatic heterocycles. The summed E-state index contributed by atoms with van der Waals surface area (Å²) in [6.07, 6.45) is 5.05. The van der Waals surface area contributed by atoms with Gasteiger partial charge in [0.15, 0.2) is 0 Å². The van der Waals surface area contributed by atoms with E-state index in [2.05, 4.69) is 44.6 Å². The Hall–Kier alpha value is -2.34. The van der Waals surface area contributed by atoms with Crippen LogP contribution in [0.2, 0.25) is 0 Å². The van der Waals surface area contributed by atoms with E-state index >= 15 is 0 Å². The largest absolute Gasteiger partial charge is 0.497 e. The van der Waals surface area contributed by atoms with Crippen LogP contribution in [0.15, 0.2) is 36.7 Å². The lowest BCUT2D eigenvalue weighted by molar-refractivity contribution is -0.130. The van der Waals surface area contributed by atoms with Gasteiger partial charge in [-0.05, 0) is 43.5 Å². The monoisotopic (exact) mass is 382 g/mol. The van der Waals surface area contributed by atoms with Gasteiger partial charge in [0.25, 0.3) is 0 Å². The van der Waals surface area contributed by atoms with Gasteiger partial charge in [-0.2, -0.15) is 0 Å². The number of aryl methyl sites for hydroxylation is 2. The van der Waals surface area contributed by atoms with Crippen molar-refractivity contribution < 1.29 is 9.53 Å². The normalized spacial score (nSPS) is 24.5. The van der Waals surface area contributed by atoms with Gasteiger partial charge in [-0.25, -0.2) is 4.98 Å². The van der Waals surface area contributed by atoms with Gasteiger partial charge in [0, 0.05) is 51.4 Å². The number of nitrogens with zero attached hydrogens (tertiary/aromatic N) is 4. The van der Waals surface area contributed by atoms with E-state index in [0.29, 0.717) is 11.8 Å². The van der Waals surface area contributed by atoms with Crippen molar-refractivity contribution in [3.05, 3.63) is 48.0 Å². The second-order valence-electron chi connectivity index (χ2n) is 8.09. The summed E-state index contributed by atoms with van der Waals surface area (Å²) in [5.74, 6) is 3.18. The molecular weight excluding hydrogens is 352 g/mol. The molecule has 0 bridgehead atoms. The molecule has 6 nitrogen and oxygen atoms in total. The molecule has 2 aliphatic rings. The standard InChI is InChI=1S/C22H30N4O2/c1-16-23-9-12-25(16)11-4-10-24-13-19-14-26(17(2)27)22(21(19)15-24)18-5-7-20(28-3)8-6-18/h5-9,12,19,21-22H,4,10-11,13-15H2,1-3H3/t19-,21-,22+/m1/s1. The van der Waals surface area contributed by atoms with Crippen LogP contribution in [0, 0.1) is 18.8 Å². The van der Waals surface area contributed by atoms with Gasteiger partial charge in [0.1, 0.15) is 11.6 Å². The van der Waals surface area contributed by atoms with E-state index < -0.39 is 0 Å². The predicted octanol–water partition coefficient (Wildman–Crippen LogP) is 2.74. The molecule has 0 N–H and O–H groups in total. The summed E-state index contributed by atoms with van der Waals surface area (Å²) in [5.41, 5.74) is 1.22. The maximum absolute atomic E-state index is 12.3. The molecule has 0 unspecified atom stereocenters. The third-order valence-corrected chi connectivity index (χ3v) is 6.40. The highest BCUT2D eigenvalue weighted by Gasteiger charge is 2.48. The quantitative estimate of drug-likeness (QED) is 0.771. The molecule has 28 heavy (non-hydrogen) atoms. The van der Waals surface area contributed by atoms with Crippen LogP contribution in [0.25, 0.3) is 0 Å². The Morgan fingerprint density at radius 2 is 1.96 bits per heavy atom. The Morgan fingerprint density at radius 3 is 2.61 bits per heavy atom. The lowest BCUT2D eigenvalue weighted by Gasteiger charge is -2.29. The molecule has 2 saturated heterocycles. The fraction of sp³-hybridized carbons (Fsp3) is 0.545. The second-order valence-corrected chi connectivity index (χ2v) is 8.09. The molecule has 2 fully saturated rings. The Bertz CT molecular complexity index is 816. The summed E-state index contributed by atoms with van der Waals surface area (Å²) >= 11 is 0. The molecule has 4 rings (SSSR count). The third-order valence-electron chi connectivity index (χ3n) is 6.40. The molecule has 150 valence electrons. The predicted molar refractivity (Wildman–Crippen MR) is 108 cm³/mol. The van der Waals surface area contributed by atoms with Crippen LogP contribution in [0.4, 0.5) is 0 Å². The van der Waals surface area contributed by atoms with Gasteiger partial charge in [-0.3, -0.25) is 4.79 Å². The molecule has 6 heteroatoms. The van der Waals surface area contributed by atoms with Gasteiger partial charge < -0.3 is 19.1 Å². The number of imidazole rings is 1. The molecule has 1 aromatic carbocycles. The zero-order valence-corrected chi connectivity index (χ0v) is 17.0. The Balaban J connectivity index is 1.42. The maximum atomic E-state index is 12.3. The van der Waals surface area contributed by atoms with Gasteiger partial charge in [0.2, 0.25) is 5.91 Å². The minimum Gasteiger partial charge on any atom is -0.497 e. The zero-order valence-electron chi connectivity index (χ0n) is 17.0. The average molecular weight is 383 g/mol. The Labute approximate surface area is 167 Å². The highest BCUT2D eigenvalue weighted by atomic mass is 16.5. The number of benzene rings is 1. The summed E-state index contributed by atoms with van der Waals surface area (Å²) in [6, 6.07) is 8.41. The van der Waals surface area contributed by atoms with Crippen molar-refractivity contribution in [2.75, 3.05) is 33.3 Å².